The van der Waals surface area contributed by atoms with Crippen LogP contribution in [0, 0.1) is 5.82 Å². The maximum atomic E-state index is 13.3. The number of rotatable bonds is 5. The summed E-state index contributed by atoms with van der Waals surface area (Å²) in [6.45, 7) is 4.10. The summed E-state index contributed by atoms with van der Waals surface area (Å²) in [5.74, 6) is -0.223. The van der Waals surface area contributed by atoms with E-state index in [9.17, 15) is 4.39 Å². The Bertz CT molecular complexity index is 615. The van der Waals surface area contributed by atoms with E-state index in [1.165, 1.54) is 6.07 Å². The third-order valence-corrected chi connectivity index (χ3v) is 4.11. The predicted octanol–water partition coefficient (Wildman–Crippen LogP) is 5.93. The first kappa shape index (κ1) is 16.3. The topological polar surface area (TPSA) is 12.0 Å². The van der Waals surface area contributed by atoms with Gasteiger partial charge in [0.05, 0.1) is 0 Å². The Labute approximate surface area is 135 Å². The van der Waals surface area contributed by atoms with Crippen molar-refractivity contribution in [2.75, 3.05) is 0 Å². The van der Waals surface area contributed by atoms with Crippen molar-refractivity contribution in [2.45, 2.75) is 32.4 Å². The summed E-state index contributed by atoms with van der Waals surface area (Å²) in [4.78, 5) is 0. The molecule has 2 aromatic rings. The van der Waals surface area contributed by atoms with Crippen molar-refractivity contribution >= 4 is 23.2 Å². The molecule has 1 nitrogen and oxygen atoms in total. The molecular weight excluding hydrogens is 308 g/mol. The van der Waals surface area contributed by atoms with E-state index in [2.05, 4.69) is 12.2 Å². The first-order valence-corrected chi connectivity index (χ1v) is 7.73. The molecule has 0 amide bonds. The molecule has 2 rings (SSSR count). The third kappa shape index (κ3) is 4.19. The molecule has 21 heavy (non-hydrogen) atoms. The smallest absolute Gasteiger partial charge is 0.123 e. The summed E-state index contributed by atoms with van der Waals surface area (Å²) in [5, 5.41) is 4.76. The van der Waals surface area contributed by atoms with Gasteiger partial charge in [0.1, 0.15) is 5.82 Å². The van der Waals surface area contributed by atoms with Crippen molar-refractivity contribution in [3.63, 3.8) is 0 Å². The molecule has 0 aliphatic rings. The zero-order chi connectivity index (χ0) is 15.4. The van der Waals surface area contributed by atoms with Crippen LogP contribution in [0.2, 0.25) is 10.0 Å². The summed E-state index contributed by atoms with van der Waals surface area (Å²) in [5.41, 5.74) is 1.92. The fourth-order valence-electron chi connectivity index (χ4n) is 2.39. The van der Waals surface area contributed by atoms with Crippen LogP contribution in [0.1, 0.15) is 43.5 Å². The van der Waals surface area contributed by atoms with E-state index < -0.39 is 0 Å². The molecule has 2 aromatic carbocycles. The largest absolute Gasteiger partial charge is 0.303 e. The van der Waals surface area contributed by atoms with Gasteiger partial charge in [-0.25, -0.2) is 4.39 Å². The average Bonchev–Trinajstić information content (AvgIpc) is 2.45. The summed E-state index contributed by atoms with van der Waals surface area (Å²) >= 11 is 12.2. The summed E-state index contributed by atoms with van der Waals surface area (Å²) in [6.07, 6.45) is 0.876. The van der Waals surface area contributed by atoms with Gasteiger partial charge < -0.3 is 5.32 Å². The van der Waals surface area contributed by atoms with E-state index in [1.54, 1.807) is 18.2 Å². The number of benzene rings is 2. The highest BCUT2D eigenvalue weighted by atomic mass is 35.5. The van der Waals surface area contributed by atoms with Crippen LogP contribution in [0.15, 0.2) is 42.5 Å². The molecule has 1 unspecified atom stereocenters. The summed E-state index contributed by atoms with van der Waals surface area (Å²) in [6, 6.07) is 12.3. The van der Waals surface area contributed by atoms with Gasteiger partial charge in [0.2, 0.25) is 0 Å². The molecule has 112 valence electrons. The molecular formula is C17H18Cl2FN. The SMILES string of the molecule is CCC(N[C@H](C)c1cccc(F)c1)c1ccc(Cl)cc1Cl. The Kier molecular flexibility index (Phi) is 5.63. The average molecular weight is 326 g/mol. The van der Waals surface area contributed by atoms with Crippen molar-refractivity contribution in [2.24, 2.45) is 0 Å². The number of hydrogen-bond donors (Lipinski definition) is 1. The Morgan fingerprint density at radius 1 is 1.14 bits per heavy atom. The summed E-state index contributed by atoms with van der Waals surface area (Å²) in [7, 11) is 0. The van der Waals surface area contributed by atoms with Gasteiger partial charge in [-0.15, -0.1) is 0 Å². The molecule has 0 aliphatic carbocycles. The number of hydrogen-bond acceptors (Lipinski definition) is 1. The predicted molar refractivity (Wildman–Crippen MR) is 87.4 cm³/mol. The van der Waals surface area contributed by atoms with Gasteiger partial charge >= 0.3 is 0 Å². The van der Waals surface area contributed by atoms with Gasteiger partial charge in [-0.05, 0) is 48.7 Å². The molecule has 0 saturated carbocycles. The van der Waals surface area contributed by atoms with Crippen molar-refractivity contribution < 1.29 is 4.39 Å². The van der Waals surface area contributed by atoms with Crippen LogP contribution in [-0.4, -0.2) is 0 Å². The molecule has 0 radical (unpaired) electrons. The zero-order valence-electron chi connectivity index (χ0n) is 12.0. The molecule has 2 atom stereocenters. The maximum absolute atomic E-state index is 13.3. The second kappa shape index (κ2) is 7.26. The van der Waals surface area contributed by atoms with Crippen LogP contribution in [0.3, 0.4) is 0 Å². The van der Waals surface area contributed by atoms with E-state index in [4.69, 9.17) is 23.2 Å². The highest BCUT2D eigenvalue weighted by molar-refractivity contribution is 6.35. The highest BCUT2D eigenvalue weighted by Crippen LogP contribution is 2.30. The van der Waals surface area contributed by atoms with Gasteiger partial charge in [-0.2, -0.15) is 0 Å². The van der Waals surface area contributed by atoms with Crippen LogP contribution < -0.4 is 5.32 Å². The molecule has 0 heterocycles. The molecule has 0 bridgehead atoms. The van der Waals surface area contributed by atoms with E-state index >= 15 is 0 Å². The quantitative estimate of drug-likeness (QED) is 0.717. The van der Waals surface area contributed by atoms with Crippen molar-refractivity contribution in [3.05, 3.63) is 69.5 Å². The van der Waals surface area contributed by atoms with Crippen molar-refractivity contribution in [1.82, 2.24) is 5.32 Å². The minimum absolute atomic E-state index is 0.0254. The van der Waals surface area contributed by atoms with Gasteiger partial charge in [-0.1, -0.05) is 48.3 Å². The van der Waals surface area contributed by atoms with Crippen LogP contribution in [0.4, 0.5) is 4.39 Å². The Morgan fingerprint density at radius 3 is 2.52 bits per heavy atom. The zero-order valence-corrected chi connectivity index (χ0v) is 13.5. The lowest BCUT2D eigenvalue weighted by Gasteiger charge is -2.24. The second-order valence-corrected chi connectivity index (χ2v) is 5.91. The normalized spacial score (nSPS) is 14.0. The molecule has 0 saturated heterocycles. The van der Waals surface area contributed by atoms with Crippen LogP contribution in [-0.2, 0) is 0 Å². The fraction of sp³-hybridized carbons (Fsp3) is 0.294. The first-order chi connectivity index (χ1) is 10.0. The maximum Gasteiger partial charge on any atom is 0.123 e. The van der Waals surface area contributed by atoms with E-state index in [1.807, 2.05) is 25.1 Å². The Morgan fingerprint density at radius 2 is 1.90 bits per heavy atom. The second-order valence-electron chi connectivity index (χ2n) is 5.07. The molecule has 0 spiro atoms. The molecule has 0 fully saturated rings. The fourth-order valence-corrected chi connectivity index (χ4v) is 2.93. The molecule has 1 N–H and O–H groups in total. The van der Waals surface area contributed by atoms with Crippen molar-refractivity contribution in [1.29, 1.82) is 0 Å². The van der Waals surface area contributed by atoms with Gasteiger partial charge in [0.25, 0.3) is 0 Å². The molecule has 0 aromatic heterocycles. The van der Waals surface area contributed by atoms with Gasteiger partial charge in [0.15, 0.2) is 0 Å². The van der Waals surface area contributed by atoms with Crippen LogP contribution in [0.5, 0.6) is 0 Å². The number of nitrogens with one attached hydrogen (secondary N) is 1. The Hall–Kier alpha value is -1.09. The third-order valence-electron chi connectivity index (χ3n) is 3.55. The monoisotopic (exact) mass is 325 g/mol. The lowest BCUT2D eigenvalue weighted by Crippen LogP contribution is -2.24. The van der Waals surface area contributed by atoms with E-state index in [-0.39, 0.29) is 17.9 Å². The molecule has 0 aliphatic heterocycles. The molecule has 4 heteroatoms. The minimum Gasteiger partial charge on any atom is -0.303 e. The van der Waals surface area contributed by atoms with Crippen LogP contribution in [0.25, 0.3) is 0 Å². The lowest BCUT2D eigenvalue weighted by molar-refractivity contribution is 0.455. The standard InChI is InChI=1S/C17H18Cl2FN/c1-3-17(15-8-7-13(18)10-16(15)19)21-11(2)12-5-4-6-14(20)9-12/h4-11,17,21H,3H2,1-2H3/t11-,17?/m1/s1. The van der Waals surface area contributed by atoms with E-state index in [0.717, 1.165) is 17.5 Å². The van der Waals surface area contributed by atoms with Gasteiger partial charge in [0, 0.05) is 22.1 Å². The van der Waals surface area contributed by atoms with Crippen LogP contribution >= 0.6 is 23.2 Å². The highest BCUT2D eigenvalue weighted by Gasteiger charge is 2.16. The van der Waals surface area contributed by atoms with Crippen molar-refractivity contribution in [3.8, 4) is 0 Å². The van der Waals surface area contributed by atoms with Gasteiger partial charge in [-0.3, -0.25) is 0 Å². The van der Waals surface area contributed by atoms with E-state index in [0.29, 0.717) is 10.0 Å². The minimum atomic E-state index is -0.223. The summed E-state index contributed by atoms with van der Waals surface area (Å²) < 4.78 is 13.3. The lowest BCUT2D eigenvalue weighted by atomic mass is 10.0. The number of halogens is 3. The Balaban J connectivity index is 2.18. The first-order valence-electron chi connectivity index (χ1n) is 6.97.